The SMILES string of the molecule is COC1=CC(=O)CC(C)C12Oc1c(Cl)c(O)cc(OC)c1C2=O. The molecule has 2 unspecified atom stereocenters. The minimum atomic E-state index is -1.48. The summed E-state index contributed by atoms with van der Waals surface area (Å²) in [5.74, 6) is -0.944. The Kier molecular flexibility index (Phi) is 3.52. The minimum absolute atomic E-state index is 0.0395. The summed E-state index contributed by atoms with van der Waals surface area (Å²) in [5.41, 5.74) is -1.34. The first-order valence-corrected chi connectivity index (χ1v) is 7.36. The van der Waals surface area contributed by atoms with Gasteiger partial charge in [0.05, 0.1) is 14.2 Å². The molecule has 2 atom stereocenters. The Morgan fingerprint density at radius 2 is 2.04 bits per heavy atom. The van der Waals surface area contributed by atoms with Crippen LogP contribution in [0.2, 0.25) is 5.02 Å². The molecule has 0 radical (unpaired) electrons. The van der Waals surface area contributed by atoms with Crippen molar-refractivity contribution in [2.24, 2.45) is 5.92 Å². The molecule has 23 heavy (non-hydrogen) atoms. The third kappa shape index (κ3) is 1.94. The Hall–Kier alpha value is -2.21. The predicted octanol–water partition coefficient (Wildman–Crippen LogP) is 2.51. The van der Waals surface area contributed by atoms with E-state index in [1.54, 1.807) is 6.92 Å². The molecule has 1 aromatic carbocycles. The van der Waals surface area contributed by atoms with Gasteiger partial charge >= 0.3 is 0 Å². The number of hydrogen-bond acceptors (Lipinski definition) is 6. The largest absolute Gasteiger partial charge is 0.506 e. The van der Waals surface area contributed by atoms with Gasteiger partial charge in [-0.1, -0.05) is 18.5 Å². The second-order valence-electron chi connectivity index (χ2n) is 5.57. The van der Waals surface area contributed by atoms with Crippen LogP contribution in [0.5, 0.6) is 17.2 Å². The summed E-state index contributed by atoms with van der Waals surface area (Å²) in [6, 6.07) is 1.26. The van der Waals surface area contributed by atoms with Gasteiger partial charge < -0.3 is 19.3 Å². The topological polar surface area (TPSA) is 82.1 Å². The maximum absolute atomic E-state index is 13.1. The van der Waals surface area contributed by atoms with E-state index in [-0.39, 0.29) is 45.8 Å². The van der Waals surface area contributed by atoms with E-state index in [2.05, 4.69) is 0 Å². The first-order chi connectivity index (χ1) is 10.9. The highest BCUT2D eigenvalue weighted by atomic mass is 35.5. The highest BCUT2D eigenvalue weighted by Gasteiger charge is 2.59. The Labute approximate surface area is 137 Å². The first-order valence-electron chi connectivity index (χ1n) is 6.99. The van der Waals surface area contributed by atoms with Crippen molar-refractivity contribution in [1.29, 1.82) is 0 Å². The Balaban J connectivity index is 2.26. The summed E-state index contributed by atoms with van der Waals surface area (Å²) in [4.78, 5) is 24.9. The molecule has 2 aliphatic rings. The molecule has 122 valence electrons. The summed E-state index contributed by atoms with van der Waals surface area (Å²) in [6.45, 7) is 1.73. The fourth-order valence-electron chi connectivity index (χ4n) is 3.16. The van der Waals surface area contributed by atoms with Crippen molar-refractivity contribution in [3.63, 3.8) is 0 Å². The van der Waals surface area contributed by atoms with Crippen molar-refractivity contribution in [3.05, 3.63) is 28.5 Å². The summed E-state index contributed by atoms with van der Waals surface area (Å²) in [5, 5.41) is 9.82. The number of phenolic OH excluding ortho intramolecular Hbond substituents is 1. The molecule has 3 rings (SSSR count). The molecule has 1 spiro atoms. The van der Waals surface area contributed by atoms with Crippen molar-refractivity contribution >= 4 is 23.2 Å². The standard InChI is InChI=1S/C16H15ClO6/c1-7-4-8(18)5-11(22-3)16(7)15(20)12-10(21-2)6-9(19)13(17)14(12)23-16/h5-7,19H,4H2,1-3H3. The molecule has 0 saturated heterocycles. The van der Waals surface area contributed by atoms with Crippen molar-refractivity contribution in [2.75, 3.05) is 14.2 Å². The molecule has 1 aliphatic carbocycles. The van der Waals surface area contributed by atoms with Gasteiger partial charge in [-0.25, -0.2) is 0 Å². The van der Waals surface area contributed by atoms with E-state index in [1.807, 2.05) is 0 Å². The Bertz CT molecular complexity index is 753. The zero-order valence-corrected chi connectivity index (χ0v) is 13.6. The van der Waals surface area contributed by atoms with E-state index >= 15 is 0 Å². The maximum Gasteiger partial charge on any atom is 0.231 e. The fraction of sp³-hybridized carbons (Fsp3) is 0.375. The van der Waals surface area contributed by atoms with E-state index in [1.165, 1.54) is 26.4 Å². The Morgan fingerprint density at radius 3 is 2.65 bits per heavy atom. The van der Waals surface area contributed by atoms with Crippen molar-refractivity contribution < 1.29 is 28.9 Å². The normalized spacial score (nSPS) is 25.9. The number of phenols is 1. The van der Waals surface area contributed by atoms with Gasteiger partial charge in [0, 0.05) is 24.5 Å². The first kappa shape index (κ1) is 15.7. The highest BCUT2D eigenvalue weighted by Crippen LogP contribution is 2.54. The second kappa shape index (κ2) is 5.16. The number of methoxy groups -OCH3 is 2. The van der Waals surface area contributed by atoms with Crippen LogP contribution in [-0.4, -0.2) is 36.5 Å². The average Bonchev–Trinajstić information content (AvgIpc) is 2.82. The number of aromatic hydroxyl groups is 1. The number of benzene rings is 1. The number of rotatable bonds is 2. The number of hydrogen-bond donors (Lipinski definition) is 1. The lowest BCUT2D eigenvalue weighted by molar-refractivity contribution is -0.118. The second-order valence-corrected chi connectivity index (χ2v) is 5.95. The molecule has 1 N–H and O–H groups in total. The molecule has 7 heteroatoms. The summed E-state index contributed by atoms with van der Waals surface area (Å²) < 4.78 is 16.3. The van der Waals surface area contributed by atoms with Crippen LogP contribution in [0.4, 0.5) is 0 Å². The van der Waals surface area contributed by atoms with Crippen LogP contribution in [0.25, 0.3) is 0 Å². The number of fused-ring (bicyclic) bond motifs is 1. The van der Waals surface area contributed by atoms with Gasteiger partial charge in [0.1, 0.15) is 22.1 Å². The lowest BCUT2D eigenvalue weighted by Gasteiger charge is -2.36. The van der Waals surface area contributed by atoms with Crippen LogP contribution >= 0.6 is 11.6 Å². The molecule has 1 heterocycles. The minimum Gasteiger partial charge on any atom is -0.506 e. The molecule has 0 aromatic heterocycles. The van der Waals surface area contributed by atoms with E-state index in [4.69, 9.17) is 25.8 Å². The molecule has 1 aliphatic heterocycles. The third-order valence-corrected chi connectivity index (χ3v) is 4.66. The van der Waals surface area contributed by atoms with E-state index in [0.717, 1.165) is 0 Å². The fourth-order valence-corrected chi connectivity index (χ4v) is 3.35. The molecular formula is C16H15ClO6. The molecule has 0 saturated carbocycles. The summed E-state index contributed by atoms with van der Waals surface area (Å²) in [7, 11) is 2.75. The van der Waals surface area contributed by atoms with E-state index in [9.17, 15) is 14.7 Å². The maximum atomic E-state index is 13.1. The smallest absolute Gasteiger partial charge is 0.231 e. The van der Waals surface area contributed by atoms with Crippen LogP contribution in [0.15, 0.2) is 17.9 Å². The highest BCUT2D eigenvalue weighted by molar-refractivity contribution is 6.35. The average molecular weight is 339 g/mol. The number of carbonyl (C=O) groups is 2. The number of Topliss-reactive ketones (excluding diaryl/α,β-unsaturated/α-hetero) is 1. The van der Waals surface area contributed by atoms with Gasteiger partial charge in [0.25, 0.3) is 0 Å². The zero-order chi connectivity index (χ0) is 16.9. The lowest BCUT2D eigenvalue weighted by Crippen LogP contribution is -2.51. The van der Waals surface area contributed by atoms with Gasteiger partial charge in [-0.05, 0) is 0 Å². The molecule has 0 bridgehead atoms. The number of ether oxygens (including phenoxy) is 3. The van der Waals surface area contributed by atoms with Gasteiger partial charge in [-0.2, -0.15) is 0 Å². The van der Waals surface area contributed by atoms with Crippen LogP contribution in [0, 0.1) is 5.92 Å². The van der Waals surface area contributed by atoms with E-state index < -0.39 is 17.3 Å². The molecule has 0 fully saturated rings. The lowest BCUT2D eigenvalue weighted by atomic mass is 9.75. The van der Waals surface area contributed by atoms with Crippen molar-refractivity contribution in [1.82, 2.24) is 0 Å². The van der Waals surface area contributed by atoms with Crippen LogP contribution < -0.4 is 9.47 Å². The number of carbonyl (C=O) groups excluding carboxylic acids is 2. The van der Waals surface area contributed by atoms with Crippen LogP contribution in [0.3, 0.4) is 0 Å². The third-order valence-electron chi connectivity index (χ3n) is 4.29. The zero-order valence-electron chi connectivity index (χ0n) is 12.8. The van der Waals surface area contributed by atoms with Crippen molar-refractivity contribution in [3.8, 4) is 17.2 Å². The molecular weight excluding hydrogens is 324 g/mol. The monoisotopic (exact) mass is 338 g/mol. The van der Waals surface area contributed by atoms with Gasteiger partial charge in [-0.15, -0.1) is 0 Å². The van der Waals surface area contributed by atoms with Crippen molar-refractivity contribution in [2.45, 2.75) is 18.9 Å². The Morgan fingerprint density at radius 1 is 1.35 bits per heavy atom. The van der Waals surface area contributed by atoms with E-state index in [0.29, 0.717) is 0 Å². The van der Waals surface area contributed by atoms with Crippen LogP contribution in [-0.2, 0) is 9.53 Å². The molecule has 1 aromatic rings. The summed E-state index contributed by atoms with van der Waals surface area (Å²) >= 11 is 6.09. The van der Waals surface area contributed by atoms with Gasteiger partial charge in [0.2, 0.25) is 11.4 Å². The predicted molar refractivity (Wildman–Crippen MR) is 81.2 cm³/mol. The van der Waals surface area contributed by atoms with Gasteiger partial charge in [0.15, 0.2) is 17.3 Å². The number of allylic oxidation sites excluding steroid dienone is 1. The molecule has 6 nitrogen and oxygen atoms in total. The summed E-state index contributed by atoms with van der Waals surface area (Å²) in [6.07, 6.45) is 1.41. The number of ketones is 2. The molecule has 0 amide bonds. The van der Waals surface area contributed by atoms with Gasteiger partial charge in [-0.3, -0.25) is 9.59 Å². The quantitative estimate of drug-likeness (QED) is 0.892. The van der Waals surface area contributed by atoms with Crippen LogP contribution in [0.1, 0.15) is 23.7 Å². The number of halogens is 1.